The van der Waals surface area contributed by atoms with E-state index in [-0.39, 0.29) is 179 Å². The van der Waals surface area contributed by atoms with Gasteiger partial charge in [-0.15, -0.1) is 0 Å². The SMILES string of the molecule is CC(C)(C)[Si](C)(C)Cl.CC(C)C(=O)Cl.CC1(C)OC2[C@@H](CO)O[C@@H](n3ccc4c(=O)[nH]c(N)nc43)[C@H]2O1.CC[C@H]1OC(O)[C@H]2OC(C)(C)OC21.CC[C@H]1O[C@@H](n2ccc3c(=O)[nH]c(C)nc32)[C@H]2OC(C)(C)OC12.CC[C@H]1O[C@@H](n2ccc3c(=O)[nH]c(N)nc32)[C@H]2OC(C)(C)OC12.CC[C@H]1O[C@@H](n2ccc3c(Cl)nc(N)nc32)[C@H]2OC(C)(C)OC12.Nc1nc(Cl)c2cc[nH]c2n1.[Na+].[OH-]. The van der Waals surface area contributed by atoms with Crippen LogP contribution in [0.25, 0.3) is 55.2 Å². The van der Waals surface area contributed by atoms with Crippen LogP contribution in [0, 0.1) is 12.8 Å². The van der Waals surface area contributed by atoms with Crippen LogP contribution in [0.15, 0.2) is 75.7 Å². The van der Waals surface area contributed by atoms with Crippen molar-refractivity contribution in [2.75, 3.05) is 29.5 Å². The summed E-state index contributed by atoms with van der Waals surface area (Å²) < 4.78 is 96.0. The molecule has 132 heavy (non-hydrogen) atoms. The van der Waals surface area contributed by atoms with Crippen molar-refractivity contribution in [3.8, 4) is 0 Å². The van der Waals surface area contributed by atoms with Gasteiger partial charge in [0.15, 0.2) is 78.8 Å². The predicted octanol–water partition coefficient (Wildman–Crippen LogP) is 8.50. The topological polar surface area (TPSA) is 554 Å². The number of hydrogen-bond donors (Lipinski definition) is 10. The maximum absolute atomic E-state index is 12.1. The first-order chi connectivity index (χ1) is 60.8. The van der Waals surface area contributed by atoms with Crippen molar-refractivity contribution in [1.29, 1.82) is 0 Å². The summed E-state index contributed by atoms with van der Waals surface area (Å²) in [4.78, 5) is 85.4. The molecule has 0 aromatic carbocycles. The van der Waals surface area contributed by atoms with E-state index in [0.717, 1.165) is 36.5 Å². The van der Waals surface area contributed by atoms with E-state index in [2.05, 4.69) is 103 Å². The third kappa shape index (κ3) is 22.7. The first kappa shape index (κ1) is 105. The fourth-order valence-electron chi connectivity index (χ4n) is 16.7. The van der Waals surface area contributed by atoms with Crippen molar-refractivity contribution in [1.82, 2.24) is 73.1 Å². The minimum Gasteiger partial charge on any atom is -0.870 e. The largest absolute Gasteiger partial charge is 1.00 e. The zero-order valence-electron chi connectivity index (χ0n) is 78.3. The standard InChI is InChI=1S/C16H21N3O4.C15H19ClN4O3.C15H20N4O4.C14H18N4O5.C9H16O4.C6H5ClN4.C6H15ClSi.C4H7ClO.Na.H2O/c1-5-10-11-12(23-16(3,4)22-11)15(21-10)19-7-6-9-13(19)17-8(2)18-14(9)20;1-4-8-9-10(23-15(2,3)22-9)13(21-8)20-6-5-7-11(16)18-14(17)19-12(7)20;1-4-8-9-10(23-15(2,3)22-9)13(21-8)19-6-5-7-11(19)17-14(16)18-12(7)20;1-14(2)22-8-7(5-19)21-12(9(8)23-14)18-4-3-6-10(18)16-13(15)17-11(6)20;1-4-5-6-7(8(10)11-5)13-9(2,3)12-6;7-4-3-1-2-9-5(3)11-6(8)10-4;1-6(2,3)8(4,5)7;1-3(2)4(5)6;;/h6-7,10-12,15H,5H2,1-4H3,(H,17,18,20);5-6,8-10,13H,4H2,1-3H3,(H2,17,18,19);5-6,8-10,13H,4H2,1-3H3,(H3,16,17,18,20);3-4,7-9,12,19H,5H2,1-2H3,(H3,15,16,17,20);5-8,10H,4H2,1-3H3;1-2H,(H3,8,9,10,11);1-5H3;3H,1-2H3;;1H2/q;;;;;;;;+1;/p-1/t10-,11?,12+,15-;2*8-,9?,10+,13-;7-,8?,9+,12-;5-,6?,7+,8?;;;;;/m11111...../s1. The average molecular weight is 1950 g/mol. The summed E-state index contributed by atoms with van der Waals surface area (Å²) in [5.41, 5.74) is 24.5. The molecule has 10 aromatic rings. The fourth-order valence-corrected chi connectivity index (χ4v) is 17.2. The number of nitrogens with one attached hydrogen (secondary N) is 4. The van der Waals surface area contributed by atoms with E-state index in [9.17, 15) is 29.4 Å². The summed E-state index contributed by atoms with van der Waals surface area (Å²) in [7, 11) is -1.39. The molecule has 722 valence electrons. The normalized spacial score (nSPS) is 29.6. The molecule has 20 atom stereocenters. The third-order valence-corrected chi connectivity index (χ3v) is 29.9. The minimum absolute atomic E-state index is 0. The Labute approximate surface area is 804 Å². The van der Waals surface area contributed by atoms with Crippen LogP contribution in [0.1, 0.15) is 188 Å². The zero-order valence-corrected chi connectivity index (χ0v) is 84.3. The first-order valence-electron chi connectivity index (χ1n) is 43.4. The molecule has 0 spiro atoms. The summed E-state index contributed by atoms with van der Waals surface area (Å²) in [5.74, 6) is -2.29. The predicted molar refractivity (Wildman–Crippen MR) is 489 cm³/mol. The molecule has 20 heterocycles. The molecule has 41 nitrogen and oxygen atoms in total. The average Bonchev–Trinajstić information content (AvgIpc) is 1.60. The molecule has 47 heteroatoms. The molecule has 10 aliphatic rings. The van der Waals surface area contributed by atoms with Crippen LogP contribution in [0.3, 0.4) is 0 Å². The number of anilines is 4. The van der Waals surface area contributed by atoms with Crippen LogP contribution in [-0.4, -0.2) is 235 Å². The van der Waals surface area contributed by atoms with Crippen LogP contribution in [0.5, 0.6) is 0 Å². The molecule has 10 saturated heterocycles. The van der Waals surface area contributed by atoms with E-state index in [1.165, 1.54) is 0 Å². The molecule has 0 aliphatic carbocycles. The monoisotopic (exact) mass is 1950 g/mol. The minimum atomic E-state index is -1.39. The van der Waals surface area contributed by atoms with E-state index in [1.54, 1.807) is 72.8 Å². The van der Waals surface area contributed by atoms with Gasteiger partial charge in [-0.25, -0.2) is 15.0 Å². The van der Waals surface area contributed by atoms with Crippen molar-refractivity contribution >= 4 is 137 Å². The molecule has 6 unspecified atom stereocenters. The Hall–Kier alpha value is -6.97. The van der Waals surface area contributed by atoms with Gasteiger partial charge in [-0.3, -0.25) is 29.1 Å². The number of aliphatic hydroxyl groups excluding tert-OH is 2. The summed E-state index contributed by atoms with van der Waals surface area (Å²) >= 11 is 23.0. The van der Waals surface area contributed by atoms with Gasteiger partial charge in [0.25, 0.3) is 16.7 Å². The number of ether oxygens (including phenoxy) is 15. The van der Waals surface area contributed by atoms with Crippen molar-refractivity contribution in [3.63, 3.8) is 0 Å². The number of halogens is 4. The molecule has 10 aromatic heterocycles. The number of aromatic nitrogens is 15. The number of aliphatic hydroxyl groups is 2. The maximum atomic E-state index is 12.1. The van der Waals surface area contributed by atoms with Crippen LogP contribution >= 0.6 is 45.9 Å². The van der Waals surface area contributed by atoms with Crippen molar-refractivity contribution in [3.05, 3.63) is 109 Å². The number of hydrogen-bond acceptors (Lipinski definition) is 33. The second-order valence-corrected chi connectivity index (χ2v) is 45.4. The summed E-state index contributed by atoms with van der Waals surface area (Å²) in [6, 6.07) is 8.78. The number of nitrogens with two attached hydrogens (primary N) is 4. The van der Waals surface area contributed by atoms with Gasteiger partial charge in [0.1, 0.15) is 100 Å². The summed E-state index contributed by atoms with van der Waals surface area (Å²) in [5, 5.41) is 22.8. The van der Waals surface area contributed by atoms with Crippen molar-refractivity contribution in [2.45, 2.75) is 334 Å². The molecule has 15 N–H and O–H groups in total. The van der Waals surface area contributed by atoms with E-state index in [0.29, 0.717) is 65.6 Å². The Morgan fingerprint density at radius 1 is 0.470 bits per heavy atom. The van der Waals surface area contributed by atoms with Crippen LogP contribution in [-0.2, 0) is 75.8 Å². The first-order valence-corrected chi connectivity index (χ1v) is 48.5. The quantitative estimate of drug-likeness (QED) is 0.0265. The number of fused-ring (bicyclic) bond motifs is 10. The summed E-state index contributed by atoms with van der Waals surface area (Å²) in [6.07, 6.45) is 6.79. The Morgan fingerprint density at radius 3 is 1.11 bits per heavy atom. The molecule has 0 saturated carbocycles. The van der Waals surface area contributed by atoms with Gasteiger partial charge in [-0.1, -0.05) is 98.6 Å². The Kier molecular flexibility index (Phi) is 32.7. The Morgan fingerprint density at radius 2 is 0.758 bits per heavy atom. The summed E-state index contributed by atoms with van der Waals surface area (Å²) in [6.45, 7) is 43.0. The van der Waals surface area contributed by atoms with Crippen LogP contribution in [0.2, 0.25) is 28.4 Å². The molecule has 0 amide bonds. The smallest absolute Gasteiger partial charge is 0.870 e. The number of carbonyl (C=O) groups is 1. The third-order valence-electron chi connectivity index (χ3n) is 23.6. The fraction of sp³-hybridized carbons (Fsp3) is 0.635. The molecule has 20 rings (SSSR count). The number of H-pyrrole nitrogens is 4. The molecule has 10 fully saturated rings. The van der Waals surface area contributed by atoms with Crippen LogP contribution < -0.4 is 69.2 Å². The van der Waals surface area contributed by atoms with E-state index < -0.39 is 73.4 Å². The van der Waals surface area contributed by atoms with Gasteiger partial charge in [0, 0.05) is 36.9 Å². The molecular weight excluding hydrogens is 1830 g/mol. The number of rotatable bonds is 10. The number of aryl methyl sites for hydroxylation is 1. The molecule has 0 bridgehead atoms. The van der Waals surface area contributed by atoms with Crippen molar-refractivity contribution < 1.29 is 121 Å². The van der Waals surface area contributed by atoms with Gasteiger partial charge in [0.2, 0.25) is 29.0 Å². The molecule has 10 aliphatic heterocycles. The zero-order chi connectivity index (χ0) is 95.0. The van der Waals surface area contributed by atoms with Gasteiger partial charge in [-0.05, 0) is 149 Å². The molecule has 0 radical (unpaired) electrons. The van der Waals surface area contributed by atoms with Gasteiger partial charge >= 0.3 is 29.6 Å². The Balaban J connectivity index is 0.000000150. The molecular formula is C85H122Cl4N19NaO22Si. The van der Waals surface area contributed by atoms with E-state index >= 15 is 0 Å². The second-order valence-electron chi connectivity index (χ2n) is 37.0. The van der Waals surface area contributed by atoms with Gasteiger partial charge in [-0.2, -0.15) is 31.0 Å². The number of nitrogen functional groups attached to an aromatic ring is 4. The number of nitrogens with zero attached hydrogens (tertiary/aromatic N) is 11. The van der Waals surface area contributed by atoms with Gasteiger partial charge < -0.3 is 138 Å². The van der Waals surface area contributed by atoms with E-state index in [4.69, 9.17) is 140 Å². The van der Waals surface area contributed by atoms with Gasteiger partial charge in [0.05, 0.1) is 58.0 Å². The second kappa shape index (κ2) is 41.0. The maximum Gasteiger partial charge on any atom is 1.00 e. The number of carbonyl (C=O) groups excluding carboxylic acids is 1. The number of aromatic amines is 4. The van der Waals surface area contributed by atoms with E-state index in [1.807, 2.05) is 111 Å². The van der Waals surface area contributed by atoms with Crippen LogP contribution in [0.4, 0.5) is 23.8 Å². The Bertz CT molecular complexity index is 5540. The van der Waals surface area contributed by atoms with Crippen molar-refractivity contribution in [2.24, 2.45) is 5.92 Å².